The first kappa shape index (κ1) is 16.2. The van der Waals surface area contributed by atoms with Crippen molar-refractivity contribution in [1.29, 1.82) is 0 Å². The average Bonchev–Trinajstić information content (AvgIpc) is 2.83. The maximum atomic E-state index is 5.64. The van der Waals surface area contributed by atoms with E-state index in [0.717, 1.165) is 37.6 Å². The van der Waals surface area contributed by atoms with Gasteiger partial charge in [0.2, 0.25) is 0 Å². The maximum Gasteiger partial charge on any atom is 0.169 e. The van der Waals surface area contributed by atoms with Gasteiger partial charge < -0.3 is 15.2 Å². The predicted octanol–water partition coefficient (Wildman–Crippen LogP) is 3.95. The van der Waals surface area contributed by atoms with E-state index in [0.29, 0.717) is 0 Å². The molecule has 1 aliphatic rings. The van der Waals surface area contributed by atoms with Crippen LogP contribution in [0.3, 0.4) is 0 Å². The summed E-state index contributed by atoms with van der Waals surface area (Å²) in [5.74, 6) is 0. The lowest BCUT2D eigenvalue weighted by Crippen LogP contribution is -2.40. The highest BCUT2D eigenvalue weighted by molar-refractivity contribution is 7.80. The minimum atomic E-state index is 0.781. The van der Waals surface area contributed by atoms with Crippen LogP contribution in [0.5, 0.6) is 0 Å². The fourth-order valence-corrected chi connectivity index (χ4v) is 3.86. The van der Waals surface area contributed by atoms with Crippen molar-refractivity contribution < 1.29 is 0 Å². The predicted molar refractivity (Wildman–Crippen MR) is 108 cm³/mol. The molecule has 2 aromatic carbocycles. The van der Waals surface area contributed by atoms with Crippen LogP contribution in [-0.4, -0.2) is 28.1 Å². The van der Waals surface area contributed by atoms with Gasteiger partial charge >= 0.3 is 0 Å². The third kappa shape index (κ3) is 3.40. The molecule has 0 aliphatic carbocycles. The van der Waals surface area contributed by atoms with Crippen molar-refractivity contribution in [3.63, 3.8) is 0 Å². The molecule has 128 valence electrons. The number of hydrogen-bond donors (Lipinski definition) is 2. The van der Waals surface area contributed by atoms with Gasteiger partial charge in [-0.25, -0.2) is 0 Å². The van der Waals surface area contributed by atoms with E-state index in [2.05, 4.69) is 64.6 Å². The van der Waals surface area contributed by atoms with Crippen molar-refractivity contribution >= 4 is 28.2 Å². The van der Waals surface area contributed by atoms with Crippen molar-refractivity contribution in [2.24, 2.45) is 0 Å². The van der Waals surface area contributed by atoms with E-state index in [9.17, 15) is 0 Å². The number of aromatic nitrogens is 1. The fourth-order valence-electron chi connectivity index (χ4n) is 3.61. The van der Waals surface area contributed by atoms with Gasteiger partial charge in [0.1, 0.15) is 0 Å². The average molecular weight is 350 g/mol. The molecule has 0 radical (unpaired) electrons. The molecule has 0 saturated heterocycles. The molecule has 4 heteroatoms. The zero-order chi connectivity index (χ0) is 17.2. The van der Waals surface area contributed by atoms with Crippen LogP contribution in [0.1, 0.15) is 22.4 Å². The van der Waals surface area contributed by atoms with Crippen LogP contribution in [-0.2, 0) is 19.4 Å². The van der Waals surface area contributed by atoms with Gasteiger partial charge in [-0.1, -0.05) is 42.0 Å². The second-order valence-electron chi connectivity index (χ2n) is 6.76. The van der Waals surface area contributed by atoms with Crippen molar-refractivity contribution in [2.75, 3.05) is 13.1 Å². The Bertz CT molecular complexity index is 898. The fraction of sp³-hybridized carbons (Fsp3) is 0.286. The molecule has 1 aromatic heterocycles. The summed E-state index contributed by atoms with van der Waals surface area (Å²) < 4.78 is 0. The summed E-state index contributed by atoms with van der Waals surface area (Å²) in [6, 6.07) is 17.1. The summed E-state index contributed by atoms with van der Waals surface area (Å²) in [5, 5.41) is 5.64. The van der Waals surface area contributed by atoms with Crippen LogP contribution < -0.4 is 5.32 Å². The lowest BCUT2D eigenvalue weighted by atomic mass is 10.1. The number of hydrogen-bond acceptors (Lipinski definition) is 1. The van der Waals surface area contributed by atoms with Crippen LogP contribution in [0.4, 0.5) is 0 Å². The first-order valence-corrected chi connectivity index (χ1v) is 9.28. The first-order chi connectivity index (χ1) is 12.2. The van der Waals surface area contributed by atoms with E-state index in [-0.39, 0.29) is 0 Å². The van der Waals surface area contributed by atoms with Crippen molar-refractivity contribution in [2.45, 2.75) is 26.3 Å². The molecule has 4 rings (SSSR count). The second kappa shape index (κ2) is 6.89. The summed E-state index contributed by atoms with van der Waals surface area (Å²) in [6.07, 6.45) is 2.04. The van der Waals surface area contributed by atoms with Crippen LogP contribution in [0, 0.1) is 6.92 Å². The molecule has 0 bridgehead atoms. The Kier molecular flexibility index (Phi) is 4.45. The van der Waals surface area contributed by atoms with Gasteiger partial charge in [0.25, 0.3) is 0 Å². The number of aryl methyl sites for hydroxylation is 1. The number of thiocarbonyl (C=S) groups is 1. The zero-order valence-electron chi connectivity index (χ0n) is 14.5. The Morgan fingerprint density at radius 2 is 1.92 bits per heavy atom. The summed E-state index contributed by atoms with van der Waals surface area (Å²) in [4.78, 5) is 5.91. The van der Waals surface area contributed by atoms with Crippen molar-refractivity contribution in [3.05, 3.63) is 70.9 Å². The number of benzene rings is 2. The number of H-pyrrole nitrogens is 1. The molecule has 0 unspecified atom stereocenters. The molecule has 0 spiro atoms. The molecular formula is C21H23N3S. The topological polar surface area (TPSA) is 31.1 Å². The van der Waals surface area contributed by atoms with Gasteiger partial charge in [-0.15, -0.1) is 0 Å². The Morgan fingerprint density at radius 3 is 2.76 bits per heavy atom. The van der Waals surface area contributed by atoms with E-state index >= 15 is 0 Å². The highest BCUT2D eigenvalue weighted by atomic mass is 32.1. The normalized spacial score (nSPS) is 14.2. The van der Waals surface area contributed by atoms with E-state index < -0.39 is 0 Å². The molecule has 2 heterocycles. The molecule has 0 saturated carbocycles. The van der Waals surface area contributed by atoms with Gasteiger partial charge in [0.05, 0.1) is 0 Å². The number of nitrogens with one attached hydrogen (secondary N) is 2. The van der Waals surface area contributed by atoms with Crippen molar-refractivity contribution in [1.82, 2.24) is 15.2 Å². The lowest BCUT2D eigenvalue weighted by molar-refractivity contribution is 0.430. The van der Waals surface area contributed by atoms with E-state index in [1.807, 2.05) is 6.07 Å². The summed E-state index contributed by atoms with van der Waals surface area (Å²) >= 11 is 5.64. The van der Waals surface area contributed by atoms with E-state index in [1.165, 1.54) is 33.3 Å². The lowest BCUT2D eigenvalue weighted by Gasteiger charge is -2.24. The van der Waals surface area contributed by atoms with Crippen LogP contribution in [0.15, 0.2) is 48.5 Å². The summed E-state index contributed by atoms with van der Waals surface area (Å²) in [5.41, 5.74) is 6.66. The van der Waals surface area contributed by atoms with Crippen LogP contribution in [0.25, 0.3) is 10.9 Å². The Morgan fingerprint density at radius 1 is 1.12 bits per heavy atom. The third-order valence-corrected chi connectivity index (χ3v) is 5.39. The zero-order valence-corrected chi connectivity index (χ0v) is 15.3. The van der Waals surface area contributed by atoms with Gasteiger partial charge in [0, 0.05) is 42.7 Å². The maximum absolute atomic E-state index is 5.64. The highest BCUT2D eigenvalue weighted by Gasteiger charge is 2.19. The van der Waals surface area contributed by atoms with Crippen LogP contribution >= 0.6 is 12.2 Å². The molecule has 2 N–H and O–H groups in total. The van der Waals surface area contributed by atoms with Gasteiger partial charge in [-0.05, 0) is 48.8 Å². The molecule has 1 aliphatic heterocycles. The van der Waals surface area contributed by atoms with E-state index in [1.54, 1.807) is 0 Å². The number of rotatable bonds is 2. The largest absolute Gasteiger partial charge is 0.358 e. The van der Waals surface area contributed by atoms with Gasteiger partial charge in [0.15, 0.2) is 5.11 Å². The summed E-state index contributed by atoms with van der Waals surface area (Å²) in [6.45, 7) is 4.86. The highest BCUT2D eigenvalue weighted by Crippen LogP contribution is 2.26. The van der Waals surface area contributed by atoms with Gasteiger partial charge in [-0.2, -0.15) is 0 Å². The third-order valence-electron chi connectivity index (χ3n) is 4.99. The molecule has 25 heavy (non-hydrogen) atoms. The number of fused-ring (bicyclic) bond motifs is 3. The van der Waals surface area contributed by atoms with Crippen LogP contribution in [0.2, 0.25) is 0 Å². The Balaban J connectivity index is 1.44. The monoisotopic (exact) mass is 349 g/mol. The first-order valence-electron chi connectivity index (χ1n) is 8.87. The van der Waals surface area contributed by atoms with E-state index in [4.69, 9.17) is 12.2 Å². The SMILES string of the molecule is Cc1ccc2[nH]c3c(c2c1)CCN(C(=S)NCc1ccccc1)CC3. The minimum absolute atomic E-state index is 0.781. The van der Waals surface area contributed by atoms with Crippen molar-refractivity contribution in [3.8, 4) is 0 Å². The second-order valence-corrected chi connectivity index (χ2v) is 7.15. The minimum Gasteiger partial charge on any atom is -0.358 e. The smallest absolute Gasteiger partial charge is 0.169 e. The Labute approximate surface area is 154 Å². The quantitative estimate of drug-likeness (QED) is 0.687. The molecular weight excluding hydrogens is 326 g/mol. The molecule has 3 nitrogen and oxygen atoms in total. The number of nitrogens with zero attached hydrogens (tertiary/aromatic N) is 1. The Hall–Kier alpha value is -2.33. The van der Waals surface area contributed by atoms with Gasteiger partial charge in [-0.3, -0.25) is 0 Å². The summed E-state index contributed by atoms with van der Waals surface area (Å²) in [7, 11) is 0. The molecule has 0 amide bonds. The standard InChI is InChI=1S/C21H23N3S/c1-15-7-8-19-18(13-15)17-9-11-24(12-10-20(17)23-19)21(25)22-14-16-5-3-2-4-6-16/h2-8,13,23H,9-12,14H2,1H3,(H,22,25). The molecule has 0 fully saturated rings. The molecule has 0 atom stereocenters. The molecule has 3 aromatic rings. The number of aromatic amines is 1.